The molecule has 144 valence electrons. The van der Waals surface area contributed by atoms with Crippen LogP contribution in [0, 0.1) is 5.92 Å². The first-order chi connectivity index (χ1) is 13.0. The Bertz CT molecular complexity index is 774. The molecule has 2 aromatic carbocycles. The molecule has 0 aliphatic carbocycles. The van der Waals surface area contributed by atoms with Crippen molar-refractivity contribution < 1.29 is 19.1 Å². The lowest BCUT2D eigenvalue weighted by Crippen LogP contribution is -2.28. The molecular weight excluding hydrogens is 344 g/mol. The SMILES string of the molecule is COc1ccccc1OCCC(=O)Nc1ccccc1C(=O)NCC(C)C. The molecular formula is C21H26N2O4. The molecule has 2 amide bonds. The summed E-state index contributed by atoms with van der Waals surface area (Å²) in [5, 5.41) is 5.64. The number of rotatable bonds is 9. The van der Waals surface area contributed by atoms with E-state index in [9.17, 15) is 9.59 Å². The predicted octanol–water partition coefficient (Wildman–Crippen LogP) is 3.49. The molecule has 0 fully saturated rings. The van der Waals surface area contributed by atoms with E-state index in [1.54, 1.807) is 43.5 Å². The topological polar surface area (TPSA) is 76.7 Å². The summed E-state index contributed by atoms with van der Waals surface area (Å²) in [5.41, 5.74) is 0.929. The van der Waals surface area contributed by atoms with Gasteiger partial charge in [0, 0.05) is 6.54 Å². The van der Waals surface area contributed by atoms with Gasteiger partial charge in [0.05, 0.1) is 31.4 Å². The van der Waals surface area contributed by atoms with E-state index in [1.165, 1.54) is 0 Å². The van der Waals surface area contributed by atoms with Crippen LogP contribution in [0.5, 0.6) is 11.5 Å². The van der Waals surface area contributed by atoms with E-state index in [0.717, 1.165) is 0 Å². The summed E-state index contributed by atoms with van der Waals surface area (Å²) in [6, 6.07) is 14.2. The summed E-state index contributed by atoms with van der Waals surface area (Å²) in [5.74, 6) is 1.12. The van der Waals surface area contributed by atoms with Crippen LogP contribution in [0.3, 0.4) is 0 Å². The Kier molecular flexibility index (Phi) is 7.67. The average Bonchev–Trinajstić information content (AvgIpc) is 2.67. The molecule has 0 atom stereocenters. The minimum absolute atomic E-state index is 0.153. The largest absolute Gasteiger partial charge is 0.493 e. The van der Waals surface area contributed by atoms with Gasteiger partial charge in [-0.25, -0.2) is 0 Å². The molecule has 0 spiro atoms. The fourth-order valence-electron chi connectivity index (χ4n) is 2.39. The van der Waals surface area contributed by atoms with Crippen LogP contribution in [0.2, 0.25) is 0 Å². The minimum Gasteiger partial charge on any atom is -0.493 e. The van der Waals surface area contributed by atoms with Crippen LogP contribution in [-0.2, 0) is 4.79 Å². The van der Waals surface area contributed by atoms with Crippen LogP contribution in [0.25, 0.3) is 0 Å². The molecule has 0 saturated heterocycles. The van der Waals surface area contributed by atoms with Gasteiger partial charge in [-0.15, -0.1) is 0 Å². The van der Waals surface area contributed by atoms with Crippen molar-refractivity contribution in [1.82, 2.24) is 5.32 Å². The Hall–Kier alpha value is -3.02. The number of ether oxygens (including phenoxy) is 2. The minimum atomic E-state index is -0.228. The predicted molar refractivity (Wildman–Crippen MR) is 105 cm³/mol. The molecule has 6 nitrogen and oxygen atoms in total. The molecule has 2 aromatic rings. The van der Waals surface area contributed by atoms with Crippen LogP contribution in [0.1, 0.15) is 30.6 Å². The summed E-state index contributed by atoms with van der Waals surface area (Å²) in [7, 11) is 1.57. The highest BCUT2D eigenvalue weighted by Gasteiger charge is 2.13. The van der Waals surface area contributed by atoms with E-state index < -0.39 is 0 Å². The Morgan fingerprint density at radius 2 is 1.67 bits per heavy atom. The van der Waals surface area contributed by atoms with Crippen molar-refractivity contribution >= 4 is 17.5 Å². The van der Waals surface area contributed by atoms with Crippen LogP contribution < -0.4 is 20.1 Å². The molecule has 0 aromatic heterocycles. The maximum Gasteiger partial charge on any atom is 0.253 e. The standard InChI is InChI=1S/C21H26N2O4/c1-15(2)14-22-21(25)16-8-4-5-9-17(16)23-20(24)12-13-27-19-11-7-6-10-18(19)26-3/h4-11,15H,12-14H2,1-3H3,(H,22,25)(H,23,24). The normalized spacial score (nSPS) is 10.4. The van der Waals surface area contributed by atoms with Crippen molar-refractivity contribution in [3.05, 3.63) is 54.1 Å². The van der Waals surface area contributed by atoms with E-state index in [1.807, 2.05) is 26.0 Å². The molecule has 0 unspecified atom stereocenters. The number of anilines is 1. The molecule has 0 saturated carbocycles. The summed E-state index contributed by atoms with van der Waals surface area (Å²) < 4.78 is 10.8. The lowest BCUT2D eigenvalue weighted by molar-refractivity contribution is -0.116. The third-order valence-corrected chi connectivity index (χ3v) is 3.77. The van der Waals surface area contributed by atoms with Crippen molar-refractivity contribution in [2.75, 3.05) is 25.6 Å². The number of carbonyl (C=O) groups excluding carboxylic acids is 2. The Morgan fingerprint density at radius 3 is 2.37 bits per heavy atom. The lowest BCUT2D eigenvalue weighted by Gasteiger charge is -2.13. The molecule has 2 N–H and O–H groups in total. The maximum atomic E-state index is 12.3. The summed E-state index contributed by atoms with van der Waals surface area (Å²) in [4.78, 5) is 24.6. The Morgan fingerprint density at radius 1 is 1.00 bits per heavy atom. The third kappa shape index (κ3) is 6.33. The summed E-state index contributed by atoms with van der Waals surface area (Å²) in [6.45, 7) is 4.83. The second kappa shape index (κ2) is 10.2. The van der Waals surface area contributed by atoms with Gasteiger partial charge in [-0.3, -0.25) is 9.59 Å². The fourth-order valence-corrected chi connectivity index (χ4v) is 2.39. The van der Waals surface area contributed by atoms with Gasteiger partial charge in [-0.05, 0) is 30.2 Å². The van der Waals surface area contributed by atoms with E-state index in [4.69, 9.17) is 9.47 Å². The molecule has 0 aliphatic heterocycles. The molecule has 6 heteroatoms. The average molecular weight is 370 g/mol. The van der Waals surface area contributed by atoms with Crippen LogP contribution in [0.4, 0.5) is 5.69 Å². The van der Waals surface area contributed by atoms with E-state index in [0.29, 0.717) is 35.2 Å². The quantitative estimate of drug-likeness (QED) is 0.708. The van der Waals surface area contributed by atoms with Crippen molar-refractivity contribution in [1.29, 1.82) is 0 Å². The molecule has 2 rings (SSSR count). The van der Waals surface area contributed by atoms with Gasteiger partial charge in [-0.2, -0.15) is 0 Å². The number of para-hydroxylation sites is 3. The van der Waals surface area contributed by atoms with Gasteiger partial charge >= 0.3 is 0 Å². The van der Waals surface area contributed by atoms with Gasteiger partial charge in [0.25, 0.3) is 5.91 Å². The van der Waals surface area contributed by atoms with Gasteiger partial charge in [0.15, 0.2) is 11.5 Å². The molecule has 0 radical (unpaired) electrons. The number of nitrogens with one attached hydrogen (secondary N) is 2. The second-order valence-electron chi connectivity index (χ2n) is 6.45. The Balaban J connectivity index is 1.91. The summed E-state index contributed by atoms with van der Waals surface area (Å²) >= 11 is 0. The number of hydrogen-bond acceptors (Lipinski definition) is 4. The van der Waals surface area contributed by atoms with E-state index >= 15 is 0 Å². The van der Waals surface area contributed by atoms with E-state index in [-0.39, 0.29) is 24.8 Å². The monoisotopic (exact) mass is 370 g/mol. The third-order valence-electron chi connectivity index (χ3n) is 3.77. The van der Waals surface area contributed by atoms with Crippen molar-refractivity contribution in [2.24, 2.45) is 5.92 Å². The van der Waals surface area contributed by atoms with Gasteiger partial charge in [0.2, 0.25) is 5.91 Å². The smallest absolute Gasteiger partial charge is 0.253 e. The molecule has 27 heavy (non-hydrogen) atoms. The number of methoxy groups -OCH3 is 1. The van der Waals surface area contributed by atoms with Crippen molar-refractivity contribution in [3.63, 3.8) is 0 Å². The van der Waals surface area contributed by atoms with E-state index in [2.05, 4.69) is 10.6 Å². The second-order valence-corrected chi connectivity index (χ2v) is 6.45. The van der Waals surface area contributed by atoms with Crippen LogP contribution in [0.15, 0.2) is 48.5 Å². The fraction of sp³-hybridized carbons (Fsp3) is 0.333. The zero-order valence-electron chi connectivity index (χ0n) is 16.0. The van der Waals surface area contributed by atoms with Crippen LogP contribution in [-0.4, -0.2) is 32.1 Å². The maximum absolute atomic E-state index is 12.3. The Labute approximate surface area is 159 Å². The van der Waals surface area contributed by atoms with Gasteiger partial charge < -0.3 is 20.1 Å². The highest BCUT2D eigenvalue weighted by atomic mass is 16.5. The number of hydrogen-bond donors (Lipinski definition) is 2. The molecule has 0 heterocycles. The number of benzene rings is 2. The number of carbonyl (C=O) groups is 2. The lowest BCUT2D eigenvalue weighted by atomic mass is 10.1. The first-order valence-corrected chi connectivity index (χ1v) is 8.94. The van der Waals surface area contributed by atoms with Crippen LogP contribution >= 0.6 is 0 Å². The highest BCUT2D eigenvalue weighted by molar-refractivity contribution is 6.03. The molecule has 0 aliphatic rings. The first-order valence-electron chi connectivity index (χ1n) is 8.94. The number of amides is 2. The first kappa shape index (κ1) is 20.3. The zero-order valence-corrected chi connectivity index (χ0v) is 16.0. The molecule has 0 bridgehead atoms. The summed E-state index contributed by atoms with van der Waals surface area (Å²) in [6.07, 6.45) is 0.153. The van der Waals surface area contributed by atoms with Gasteiger partial charge in [0.1, 0.15) is 0 Å². The van der Waals surface area contributed by atoms with Crippen molar-refractivity contribution in [2.45, 2.75) is 20.3 Å². The zero-order chi connectivity index (χ0) is 19.6. The highest BCUT2D eigenvalue weighted by Crippen LogP contribution is 2.25. The van der Waals surface area contributed by atoms with Crippen molar-refractivity contribution in [3.8, 4) is 11.5 Å². The van der Waals surface area contributed by atoms with Gasteiger partial charge in [-0.1, -0.05) is 38.1 Å².